The Hall–Kier alpha value is -2.32. The summed E-state index contributed by atoms with van der Waals surface area (Å²) in [6, 6.07) is 5.86. The first-order chi connectivity index (χ1) is 13.7. The molecule has 3 aliphatic rings. The van der Waals surface area contributed by atoms with Crippen LogP contribution in [0.5, 0.6) is 0 Å². The van der Waals surface area contributed by atoms with Crippen molar-refractivity contribution < 1.29 is 22.8 Å². The molecule has 153 valence electrons. The van der Waals surface area contributed by atoms with Crippen LogP contribution in [0.15, 0.2) is 29.3 Å². The lowest BCUT2D eigenvalue weighted by atomic mass is 9.67. The molecule has 29 heavy (non-hydrogen) atoms. The maximum absolute atomic E-state index is 12.9. The number of hydrogen-bond acceptors (Lipinski definition) is 3. The van der Waals surface area contributed by atoms with Crippen LogP contribution >= 0.6 is 0 Å². The first kappa shape index (κ1) is 20.0. The smallest absolute Gasteiger partial charge is 0.340 e. The molecule has 1 aliphatic carbocycles. The molecule has 1 saturated carbocycles. The number of nitrogens with zero attached hydrogens (tertiary/aromatic N) is 2. The van der Waals surface area contributed by atoms with E-state index in [9.17, 15) is 22.8 Å². The van der Waals surface area contributed by atoms with Crippen LogP contribution in [0.1, 0.15) is 44.6 Å². The molecule has 2 aliphatic heterocycles. The maximum Gasteiger partial charge on any atom is 0.344 e. The second-order valence-corrected chi connectivity index (χ2v) is 8.18. The number of hydrogen-bond donors (Lipinski definition) is 1. The minimum atomic E-state index is -4.47. The summed E-state index contributed by atoms with van der Waals surface area (Å²) in [7, 11) is 0.213. The van der Waals surface area contributed by atoms with Crippen LogP contribution in [-0.2, 0) is 9.59 Å². The third-order valence-electron chi connectivity index (χ3n) is 6.18. The number of rotatable bonds is 3. The summed E-state index contributed by atoms with van der Waals surface area (Å²) in [5, 5.41) is 2.69. The molecule has 2 amide bonds. The zero-order valence-electron chi connectivity index (χ0n) is 16.1. The Morgan fingerprint density at radius 2 is 2.03 bits per heavy atom. The maximum atomic E-state index is 12.9. The van der Waals surface area contributed by atoms with E-state index >= 15 is 0 Å². The molecule has 1 saturated heterocycles. The molecule has 9 heteroatoms. The van der Waals surface area contributed by atoms with Crippen LogP contribution in [0.25, 0.3) is 0 Å². The number of aliphatic imine (C=N–C) groups is 1. The number of alkyl halides is 3. The molecule has 2 unspecified atom stereocenters. The number of piperidine rings is 1. The van der Waals surface area contributed by atoms with Crippen LogP contribution in [0.4, 0.5) is 13.2 Å². The molecule has 1 aromatic carbocycles. The van der Waals surface area contributed by atoms with Crippen LogP contribution in [0, 0.1) is 5.92 Å². The molecule has 4 rings (SSSR count). The van der Waals surface area contributed by atoms with E-state index in [-0.39, 0.29) is 47.9 Å². The summed E-state index contributed by atoms with van der Waals surface area (Å²) in [6.07, 6.45) is -0.821. The summed E-state index contributed by atoms with van der Waals surface area (Å²) in [4.78, 5) is 31.8. The van der Waals surface area contributed by atoms with E-state index in [0.29, 0.717) is 19.4 Å². The zero-order valence-corrected chi connectivity index (χ0v) is 16.1. The van der Waals surface area contributed by atoms with E-state index in [1.807, 2.05) is 11.8 Å². The Morgan fingerprint density at radius 3 is 2.66 bits per heavy atom. The standard InChI is InChI=1S/C20H22BF3N3O2/c1-12-11-19(9-10-27(12)17(28)13-5-4-6-13)18(29)25-16(26-19)14-7-2-3-8-15(14)21-20(22,23)24/h2-3,7-8,12-13H,4-6,9-11H2,1H3,(H,25,26,29). The third-order valence-corrected chi connectivity index (χ3v) is 6.18. The molecule has 1 spiro atoms. The van der Waals surface area contributed by atoms with E-state index in [4.69, 9.17) is 0 Å². The van der Waals surface area contributed by atoms with Crippen LogP contribution in [0.2, 0.25) is 0 Å². The van der Waals surface area contributed by atoms with Gasteiger partial charge in [0.15, 0.2) is 0 Å². The Kier molecular flexibility index (Phi) is 4.95. The van der Waals surface area contributed by atoms with Gasteiger partial charge in [0.05, 0.1) is 0 Å². The Labute approximate surface area is 168 Å². The number of nitrogens with one attached hydrogen (secondary N) is 1. The predicted octanol–water partition coefficient (Wildman–Crippen LogP) is 1.96. The van der Waals surface area contributed by atoms with Gasteiger partial charge in [-0.05, 0) is 26.2 Å². The van der Waals surface area contributed by atoms with E-state index in [2.05, 4.69) is 10.3 Å². The fourth-order valence-electron chi connectivity index (χ4n) is 4.41. The molecule has 1 radical (unpaired) electrons. The lowest BCUT2D eigenvalue weighted by Gasteiger charge is -2.43. The van der Waals surface area contributed by atoms with Crippen molar-refractivity contribution in [2.45, 2.75) is 56.7 Å². The lowest BCUT2D eigenvalue weighted by Crippen LogP contribution is -2.56. The van der Waals surface area contributed by atoms with Crippen molar-refractivity contribution in [2.75, 3.05) is 6.54 Å². The second kappa shape index (κ2) is 7.18. The largest absolute Gasteiger partial charge is 0.344 e. The fraction of sp³-hybridized carbons (Fsp3) is 0.550. The first-order valence-corrected chi connectivity index (χ1v) is 9.92. The normalized spacial score (nSPS) is 27.4. The summed E-state index contributed by atoms with van der Waals surface area (Å²) in [6.45, 7) is 2.33. The minimum Gasteiger partial charge on any atom is -0.340 e. The van der Waals surface area contributed by atoms with Gasteiger partial charge in [-0.15, -0.1) is 0 Å². The van der Waals surface area contributed by atoms with Gasteiger partial charge in [-0.2, -0.15) is 13.2 Å². The van der Waals surface area contributed by atoms with Crippen LogP contribution in [-0.4, -0.2) is 54.0 Å². The number of carbonyl (C=O) groups excluding carboxylic acids is 2. The molecule has 0 aromatic heterocycles. The predicted molar refractivity (Wildman–Crippen MR) is 103 cm³/mol. The average molecular weight is 404 g/mol. The highest BCUT2D eigenvalue weighted by Crippen LogP contribution is 2.37. The van der Waals surface area contributed by atoms with E-state index in [0.717, 1.165) is 19.3 Å². The van der Waals surface area contributed by atoms with Gasteiger partial charge >= 0.3 is 6.08 Å². The van der Waals surface area contributed by atoms with Gasteiger partial charge in [0, 0.05) is 30.5 Å². The van der Waals surface area contributed by atoms with Gasteiger partial charge in [0.25, 0.3) is 13.2 Å². The highest BCUT2D eigenvalue weighted by atomic mass is 19.4. The highest BCUT2D eigenvalue weighted by molar-refractivity contribution is 6.57. The molecule has 2 atom stereocenters. The molecular formula is C20H22BF3N3O2. The van der Waals surface area contributed by atoms with Gasteiger partial charge < -0.3 is 10.2 Å². The summed E-state index contributed by atoms with van der Waals surface area (Å²) >= 11 is 0. The number of carbonyl (C=O) groups is 2. The lowest BCUT2D eigenvalue weighted by molar-refractivity contribution is -0.144. The summed E-state index contributed by atoms with van der Waals surface area (Å²) in [5.74, 6) is 0.0908. The molecule has 2 heterocycles. The monoisotopic (exact) mass is 404 g/mol. The molecule has 1 N–H and O–H groups in total. The Bertz CT molecular complexity index is 869. The summed E-state index contributed by atoms with van der Waals surface area (Å²) in [5.41, 5.74) is -0.825. The molecule has 0 bridgehead atoms. The fourth-order valence-corrected chi connectivity index (χ4v) is 4.41. The minimum absolute atomic E-state index is 0.0401. The van der Waals surface area contributed by atoms with Crippen molar-refractivity contribution in [2.24, 2.45) is 10.9 Å². The number of halogens is 3. The topological polar surface area (TPSA) is 61.8 Å². The molecule has 5 nitrogen and oxygen atoms in total. The van der Waals surface area contributed by atoms with Crippen molar-refractivity contribution in [3.63, 3.8) is 0 Å². The quantitative estimate of drug-likeness (QED) is 0.784. The highest BCUT2D eigenvalue weighted by Gasteiger charge is 2.50. The SMILES string of the molecule is CC1CC2(CCN1C(=O)C1CCC1)N=C(c1ccccc1[B]C(F)(F)F)NC2=O. The van der Waals surface area contributed by atoms with Gasteiger partial charge in [-0.25, -0.2) is 0 Å². The Balaban J connectivity index is 1.56. The summed E-state index contributed by atoms with van der Waals surface area (Å²) < 4.78 is 38.6. The van der Waals surface area contributed by atoms with E-state index in [1.165, 1.54) is 18.2 Å². The van der Waals surface area contributed by atoms with Gasteiger partial charge in [0.2, 0.25) is 5.91 Å². The third kappa shape index (κ3) is 3.79. The van der Waals surface area contributed by atoms with Gasteiger partial charge in [-0.3, -0.25) is 14.6 Å². The van der Waals surface area contributed by atoms with Crippen molar-refractivity contribution in [3.05, 3.63) is 29.8 Å². The van der Waals surface area contributed by atoms with Gasteiger partial charge in [-0.1, -0.05) is 36.1 Å². The van der Waals surface area contributed by atoms with Crippen molar-refractivity contribution in [1.82, 2.24) is 10.2 Å². The van der Waals surface area contributed by atoms with Crippen molar-refractivity contribution >= 4 is 30.4 Å². The second-order valence-electron chi connectivity index (χ2n) is 8.18. The number of likely N-dealkylation sites (tertiary alicyclic amines) is 1. The van der Waals surface area contributed by atoms with Crippen LogP contribution in [0.3, 0.4) is 0 Å². The van der Waals surface area contributed by atoms with Gasteiger partial charge in [0.1, 0.15) is 11.4 Å². The molecule has 2 fully saturated rings. The van der Waals surface area contributed by atoms with Crippen molar-refractivity contribution in [1.29, 1.82) is 0 Å². The molecular weight excluding hydrogens is 382 g/mol. The Morgan fingerprint density at radius 1 is 1.31 bits per heavy atom. The number of amidine groups is 1. The first-order valence-electron chi connectivity index (χ1n) is 9.92. The van der Waals surface area contributed by atoms with Crippen LogP contribution < -0.4 is 10.8 Å². The van der Waals surface area contributed by atoms with E-state index in [1.54, 1.807) is 6.07 Å². The van der Waals surface area contributed by atoms with E-state index < -0.39 is 11.6 Å². The average Bonchev–Trinajstić information content (AvgIpc) is 2.88. The van der Waals surface area contributed by atoms with Crippen molar-refractivity contribution in [3.8, 4) is 0 Å². The number of amides is 2. The zero-order chi connectivity index (χ0) is 20.8. The molecule has 1 aromatic rings. The number of benzene rings is 1.